The number of halogens is 1. The minimum atomic E-state index is -0.455. The number of nitrogens with one attached hydrogen (secondary N) is 1. The van der Waals surface area contributed by atoms with Gasteiger partial charge in [0.1, 0.15) is 0 Å². The molecule has 1 amide bonds. The van der Waals surface area contributed by atoms with Gasteiger partial charge in [-0.25, -0.2) is 0 Å². The van der Waals surface area contributed by atoms with Crippen LogP contribution < -0.4 is 5.32 Å². The number of non-ortho nitro benzene ring substituents is 1. The van der Waals surface area contributed by atoms with Crippen LogP contribution in [-0.2, 0) is 4.79 Å². The number of aromatic nitrogens is 3. The number of nitro benzene ring substituents is 1. The number of rotatable bonds is 7. The van der Waals surface area contributed by atoms with Crippen LogP contribution in [-0.4, -0.2) is 31.3 Å². The van der Waals surface area contributed by atoms with Gasteiger partial charge in [0.2, 0.25) is 5.91 Å². The van der Waals surface area contributed by atoms with Gasteiger partial charge in [-0.15, -0.1) is 10.2 Å². The Hall–Kier alpha value is -3.69. The fourth-order valence-electron chi connectivity index (χ4n) is 2.98. The second kappa shape index (κ2) is 9.63. The van der Waals surface area contributed by atoms with Crippen LogP contribution >= 0.6 is 23.4 Å². The Balaban J connectivity index is 1.61. The lowest BCUT2D eigenvalue weighted by atomic mass is 10.2. The number of anilines is 1. The summed E-state index contributed by atoms with van der Waals surface area (Å²) in [7, 11) is 0. The molecule has 32 heavy (non-hydrogen) atoms. The maximum Gasteiger partial charge on any atom is 0.270 e. The highest BCUT2D eigenvalue weighted by Gasteiger charge is 2.19. The molecule has 1 N–H and O–H groups in total. The van der Waals surface area contributed by atoms with Crippen molar-refractivity contribution in [2.24, 2.45) is 0 Å². The van der Waals surface area contributed by atoms with Crippen molar-refractivity contribution in [1.29, 1.82) is 0 Å². The molecule has 4 rings (SSSR count). The van der Waals surface area contributed by atoms with Crippen molar-refractivity contribution in [2.45, 2.75) is 5.16 Å². The van der Waals surface area contributed by atoms with E-state index in [0.29, 0.717) is 27.3 Å². The van der Waals surface area contributed by atoms with E-state index in [0.717, 1.165) is 5.69 Å². The van der Waals surface area contributed by atoms with Gasteiger partial charge in [-0.1, -0.05) is 53.7 Å². The molecule has 8 nitrogen and oxygen atoms in total. The largest absolute Gasteiger partial charge is 0.325 e. The molecule has 4 aromatic rings. The van der Waals surface area contributed by atoms with Crippen LogP contribution in [0.25, 0.3) is 17.1 Å². The standard InChI is InChI=1S/C22H16ClN5O3S/c23-16-9-11-17(12-10-16)24-20(29)14-32-22-26-25-21(27(22)18-6-2-1-3-7-18)15-5-4-8-19(13-15)28(30)31/h1-13H,14H2,(H,24,29). The van der Waals surface area contributed by atoms with Gasteiger partial charge in [-0.2, -0.15) is 0 Å². The first-order valence-electron chi connectivity index (χ1n) is 9.45. The maximum atomic E-state index is 12.4. The SMILES string of the molecule is O=C(CSc1nnc(-c2cccc([N+](=O)[O-])c2)n1-c1ccccc1)Nc1ccc(Cl)cc1. The third-order valence-electron chi connectivity index (χ3n) is 4.42. The molecule has 0 aliphatic rings. The minimum Gasteiger partial charge on any atom is -0.325 e. The van der Waals surface area contributed by atoms with Crippen molar-refractivity contribution in [1.82, 2.24) is 14.8 Å². The summed E-state index contributed by atoms with van der Waals surface area (Å²) in [6.45, 7) is 0. The van der Waals surface area contributed by atoms with E-state index >= 15 is 0 Å². The molecule has 160 valence electrons. The summed E-state index contributed by atoms with van der Waals surface area (Å²) in [5.74, 6) is 0.333. The monoisotopic (exact) mass is 465 g/mol. The van der Waals surface area contributed by atoms with Gasteiger partial charge >= 0.3 is 0 Å². The second-order valence-corrected chi connectivity index (χ2v) is 8.01. The van der Waals surface area contributed by atoms with Crippen molar-refractivity contribution in [3.63, 3.8) is 0 Å². The lowest BCUT2D eigenvalue weighted by Crippen LogP contribution is -2.14. The van der Waals surface area contributed by atoms with E-state index in [2.05, 4.69) is 15.5 Å². The van der Waals surface area contributed by atoms with E-state index < -0.39 is 4.92 Å². The highest BCUT2D eigenvalue weighted by Crippen LogP contribution is 2.29. The van der Waals surface area contributed by atoms with E-state index in [1.165, 1.54) is 23.9 Å². The molecule has 0 bridgehead atoms. The molecule has 3 aromatic carbocycles. The number of para-hydroxylation sites is 1. The molecular weight excluding hydrogens is 450 g/mol. The molecule has 0 unspecified atom stereocenters. The van der Waals surface area contributed by atoms with Crippen molar-refractivity contribution in [2.75, 3.05) is 11.1 Å². The van der Waals surface area contributed by atoms with Gasteiger partial charge < -0.3 is 5.32 Å². The van der Waals surface area contributed by atoms with Crippen LogP contribution in [0, 0.1) is 10.1 Å². The van der Waals surface area contributed by atoms with E-state index in [9.17, 15) is 14.9 Å². The summed E-state index contributed by atoms with van der Waals surface area (Å²) in [6, 6.07) is 22.4. The first kappa shape index (κ1) is 21.5. The summed E-state index contributed by atoms with van der Waals surface area (Å²) in [5.41, 5.74) is 1.93. The second-order valence-electron chi connectivity index (χ2n) is 6.63. The van der Waals surface area contributed by atoms with Crippen LogP contribution in [0.3, 0.4) is 0 Å². The molecule has 0 radical (unpaired) electrons. The number of hydrogen-bond donors (Lipinski definition) is 1. The maximum absolute atomic E-state index is 12.4. The molecule has 1 heterocycles. The molecule has 0 fully saturated rings. The number of benzene rings is 3. The fourth-order valence-corrected chi connectivity index (χ4v) is 3.86. The summed E-state index contributed by atoms with van der Waals surface area (Å²) < 4.78 is 1.78. The van der Waals surface area contributed by atoms with Gasteiger partial charge in [-0.3, -0.25) is 19.5 Å². The molecule has 10 heteroatoms. The van der Waals surface area contributed by atoms with Crippen LogP contribution in [0.5, 0.6) is 0 Å². The number of nitro groups is 1. The number of amides is 1. The summed E-state index contributed by atoms with van der Waals surface area (Å²) >= 11 is 7.09. The van der Waals surface area contributed by atoms with E-state index in [4.69, 9.17) is 11.6 Å². The van der Waals surface area contributed by atoms with Crippen molar-refractivity contribution >= 4 is 40.6 Å². The highest BCUT2D eigenvalue weighted by atomic mass is 35.5. The first-order chi connectivity index (χ1) is 15.5. The van der Waals surface area contributed by atoms with Gasteiger partial charge in [0, 0.05) is 34.1 Å². The number of hydrogen-bond acceptors (Lipinski definition) is 6. The van der Waals surface area contributed by atoms with Crippen LogP contribution in [0.4, 0.5) is 11.4 Å². The van der Waals surface area contributed by atoms with E-state index in [1.54, 1.807) is 41.0 Å². The first-order valence-corrected chi connectivity index (χ1v) is 10.8. The van der Waals surface area contributed by atoms with Gasteiger partial charge in [-0.05, 0) is 36.4 Å². The fraction of sp³-hybridized carbons (Fsp3) is 0.0455. The molecule has 0 aliphatic carbocycles. The predicted octanol–water partition coefficient (Wildman–Crippen LogP) is 5.23. The molecule has 1 aromatic heterocycles. The average molecular weight is 466 g/mol. The summed E-state index contributed by atoms with van der Waals surface area (Å²) in [6.07, 6.45) is 0. The number of carbonyl (C=O) groups is 1. The number of nitrogens with zero attached hydrogens (tertiary/aromatic N) is 4. The zero-order valence-corrected chi connectivity index (χ0v) is 18.1. The lowest BCUT2D eigenvalue weighted by molar-refractivity contribution is -0.384. The Morgan fingerprint density at radius 1 is 1.03 bits per heavy atom. The predicted molar refractivity (Wildman–Crippen MR) is 124 cm³/mol. The smallest absolute Gasteiger partial charge is 0.270 e. The zero-order valence-electron chi connectivity index (χ0n) is 16.5. The number of thioether (sulfide) groups is 1. The Morgan fingerprint density at radius 2 is 1.78 bits per heavy atom. The Kier molecular flexibility index (Phi) is 6.48. The summed E-state index contributed by atoms with van der Waals surface area (Å²) in [5, 5.41) is 23.6. The Labute approximate surface area is 192 Å². The minimum absolute atomic E-state index is 0.0401. The zero-order chi connectivity index (χ0) is 22.5. The quantitative estimate of drug-likeness (QED) is 0.228. The molecule has 0 spiro atoms. The number of carbonyl (C=O) groups excluding carboxylic acids is 1. The lowest BCUT2D eigenvalue weighted by Gasteiger charge is -2.10. The van der Waals surface area contributed by atoms with Crippen molar-refractivity contribution in [3.05, 3.63) is 94.0 Å². The van der Waals surface area contributed by atoms with E-state index in [-0.39, 0.29) is 17.3 Å². The Bertz CT molecular complexity index is 1260. The normalized spacial score (nSPS) is 10.7. The Morgan fingerprint density at radius 3 is 2.50 bits per heavy atom. The van der Waals surface area contributed by atoms with Crippen molar-refractivity contribution in [3.8, 4) is 17.1 Å². The van der Waals surface area contributed by atoms with Gasteiger partial charge in [0.25, 0.3) is 5.69 Å². The third kappa shape index (κ3) is 4.96. The third-order valence-corrected chi connectivity index (χ3v) is 5.60. The molecule has 0 atom stereocenters. The molecule has 0 saturated carbocycles. The van der Waals surface area contributed by atoms with Gasteiger partial charge in [0.05, 0.1) is 10.7 Å². The average Bonchev–Trinajstić information content (AvgIpc) is 3.24. The van der Waals surface area contributed by atoms with E-state index in [1.807, 2.05) is 30.3 Å². The van der Waals surface area contributed by atoms with Gasteiger partial charge in [0.15, 0.2) is 11.0 Å². The topological polar surface area (TPSA) is 103 Å². The van der Waals surface area contributed by atoms with Crippen LogP contribution in [0.15, 0.2) is 84.0 Å². The highest BCUT2D eigenvalue weighted by molar-refractivity contribution is 7.99. The van der Waals surface area contributed by atoms with Crippen LogP contribution in [0.1, 0.15) is 0 Å². The molecular formula is C22H16ClN5O3S. The van der Waals surface area contributed by atoms with Crippen LogP contribution in [0.2, 0.25) is 5.02 Å². The molecule has 0 saturated heterocycles. The molecule has 0 aliphatic heterocycles. The summed E-state index contributed by atoms with van der Waals surface area (Å²) in [4.78, 5) is 23.2. The van der Waals surface area contributed by atoms with Crippen molar-refractivity contribution < 1.29 is 9.72 Å².